The highest BCUT2D eigenvalue weighted by Crippen LogP contribution is 2.34. The molecule has 0 aliphatic carbocycles. The molecule has 3 heterocycles. The summed E-state index contributed by atoms with van der Waals surface area (Å²) in [4.78, 5) is 9.98. The average molecular weight is 417 g/mol. The maximum atomic E-state index is 6.18. The molecule has 2 saturated heterocycles. The van der Waals surface area contributed by atoms with E-state index >= 15 is 0 Å². The Morgan fingerprint density at radius 1 is 1.23 bits per heavy atom. The Hall–Kier alpha value is -1.83. The number of nitrogens with zero attached hydrogens (tertiary/aromatic N) is 4. The van der Waals surface area contributed by atoms with E-state index in [1.807, 2.05) is 12.3 Å². The number of nitrogens with two attached hydrogens (primary N) is 2. The number of hydrogen-bond donors (Lipinski definition) is 2. The minimum atomic E-state index is 0.283. The second-order valence-electron chi connectivity index (χ2n) is 9.23. The largest absolute Gasteiger partial charge is 0.401 e. The minimum Gasteiger partial charge on any atom is -0.401 e. The predicted octanol–water partition coefficient (Wildman–Crippen LogP) is 2.82. The molecule has 3 rings (SSSR count). The van der Waals surface area contributed by atoms with Gasteiger partial charge in [0.15, 0.2) is 0 Å². The maximum absolute atomic E-state index is 6.18. The van der Waals surface area contributed by atoms with E-state index in [9.17, 15) is 0 Å². The van der Waals surface area contributed by atoms with Crippen LogP contribution in [0.1, 0.15) is 59.1 Å². The first-order valence-electron chi connectivity index (χ1n) is 11.4. The van der Waals surface area contributed by atoms with E-state index in [4.69, 9.17) is 21.3 Å². The van der Waals surface area contributed by atoms with Crippen LogP contribution in [-0.2, 0) is 11.3 Å². The van der Waals surface area contributed by atoms with Crippen molar-refractivity contribution < 1.29 is 4.74 Å². The monoisotopic (exact) mass is 416 g/mol. The summed E-state index contributed by atoms with van der Waals surface area (Å²) in [5, 5.41) is 1.64. The molecule has 7 heteroatoms. The van der Waals surface area contributed by atoms with E-state index in [0.717, 1.165) is 56.2 Å². The Morgan fingerprint density at radius 3 is 2.70 bits per heavy atom. The van der Waals surface area contributed by atoms with Gasteiger partial charge in [-0.2, -0.15) is 0 Å². The lowest BCUT2D eigenvalue weighted by Gasteiger charge is -2.37. The number of anilines is 1. The summed E-state index contributed by atoms with van der Waals surface area (Å²) in [6.45, 7) is 12.2. The molecule has 0 saturated carbocycles. The van der Waals surface area contributed by atoms with Crippen molar-refractivity contribution in [3.8, 4) is 0 Å². The summed E-state index contributed by atoms with van der Waals surface area (Å²) >= 11 is 0. The van der Waals surface area contributed by atoms with Crippen LogP contribution in [0.3, 0.4) is 0 Å². The molecular formula is C23H40N6O. The van der Waals surface area contributed by atoms with Gasteiger partial charge < -0.3 is 20.4 Å². The minimum absolute atomic E-state index is 0.283. The van der Waals surface area contributed by atoms with Gasteiger partial charge in [-0.1, -0.05) is 6.07 Å². The van der Waals surface area contributed by atoms with Crippen molar-refractivity contribution in [1.82, 2.24) is 14.9 Å². The standard InChI is InChI=1S/C23H40N6O/c1-17(2)28-15-22-12-21(28)16-29(22)23-10-7-9-20(26-23)14-27(25)13-19(24)8-5-6-11-30-18(3)4/h7,9-10,13,17-18,21-22H,5-6,8,11-12,14-16,24-25H2,1-4H3/b19-13-. The molecule has 7 nitrogen and oxygen atoms in total. The molecule has 2 fully saturated rings. The number of hydrogen-bond acceptors (Lipinski definition) is 7. The molecule has 1 aromatic heterocycles. The van der Waals surface area contributed by atoms with E-state index in [0.29, 0.717) is 24.7 Å². The molecule has 2 aliphatic rings. The fourth-order valence-electron chi connectivity index (χ4n) is 4.59. The predicted molar refractivity (Wildman–Crippen MR) is 123 cm³/mol. The van der Waals surface area contributed by atoms with Crippen molar-refractivity contribution in [1.29, 1.82) is 0 Å². The Kier molecular flexibility index (Phi) is 7.97. The quantitative estimate of drug-likeness (QED) is 0.326. The number of rotatable bonds is 11. The Labute approximate surface area is 182 Å². The van der Waals surface area contributed by atoms with Gasteiger partial charge in [-0.15, -0.1) is 0 Å². The van der Waals surface area contributed by atoms with Crippen LogP contribution in [0.15, 0.2) is 30.1 Å². The topological polar surface area (TPSA) is 83.9 Å². The molecule has 1 aromatic rings. The lowest BCUT2D eigenvalue weighted by Crippen LogP contribution is -2.49. The van der Waals surface area contributed by atoms with Crippen LogP contribution in [0.4, 0.5) is 5.82 Å². The third-order valence-corrected chi connectivity index (χ3v) is 6.02. The van der Waals surface area contributed by atoms with Crippen molar-refractivity contribution in [2.75, 3.05) is 24.6 Å². The molecule has 2 bridgehead atoms. The van der Waals surface area contributed by atoms with Gasteiger partial charge in [0, 0.05) is 49.7 Å². The lowest BCUT2D eigenvalue weighted by molar-refractivity contribution is 0.0760. The summed E-state index contributed by atoms with van der Waals surface area (Å²) in [5.74, 6) is 7.25. The molecule has 168 valence electrons. The highest BCUT2D eigenvalue weighted by Gasteiger charge is 2.44. The fourth-order valence-corrected chi connectivity index (χ4v) is 4.59. The second kappa shape index (κ2) is 10.5. The molecule has 2 atom stereocenters. The molecule has 0 radical (unpaired) electrons. The van der Waals surface area contributed by atoms with Gasteiger partial charge in [0.2, 0.25) is 0 Å². The summed E-state index contributed by atoms with van der Waals surface area (Å²) in [5.41, 5.74) is 7.90. The van der Waals surface area contributed by atoms with E-state index in [2.05, 4.69) is 49.6 Å². The first-order valence-corrected chi connectivity index (χ1v) is 11.4. The molecule has 0 spiro atoms. The van der Waals surface area contributed by atoms with Crippen molar-refractivity contribution in [2.45, 2.75) is 84.2 Å². The van der Waals surface area contributed by atoms with E-state index in [1.165, 1.54) is 6.42 Å². The van der Waals surface area contributed by atoms with Crippen molar-refractivity contribution in [3.05, 3.63) is 35.8 Å². The number of aromatic nitrogens is 1. The number of likely N-dealkylation sites (tertiary alicyclic amines) is 1. The highest BCUT2D eigenvalue weighted by atomic mass is 16.5. The van der Waals surface area contributed by atoms with Crippen LogP contribution < -0.4 is 16.5 Å². The Bertz CT molecular complexity index is 707. The van der Waals surface area contributed by atoms with Gasteiger partial charge in [-0.05, 0) is 65.5 Å². The Morgan fingerprint density at radius 2 is 2.03 bits per heavy atom. The zero-order chi connectivity index (χ0) is 21.7. The fraction of sp³-hybridized carbons (Fsp3) is 0.696. The number of piperazine rings is 1. The van der Waals surface area contributed by atoms with Crippen LogP contribution in [0.5, 0.6) is 0 Å². The van der Waals surface area contributed by atoms with E-state index < -0.39 is 0 Å². The molecule has 30 heavy (non-hydrogen) atoms. The van der Waals surface area contributed by atoms with Gasteiger partial charge >= 0.3 is 0 Å². The van der Waals surface area contributed by atoms with Gasteiger partial charge in [0.1, 0.15) is 5.82 Å². The van der Waals surface area contributed by atoms with Gasteiger partial charge in [0.05, 0.1) is 18.3 Å². The summed E-state index contributed by atoms with van der Waals surface area (Å²) in [6, 6.07) is 8.08. The van der Waals surface area contributed by atoms with Crippen LogP contribution in [0, 0.1) is 0 Å². The summed E-state index contributed by atoms with van der Waals surface area (Å²) in [7, 11) is 0. The van der Waals surface area contributed by atoms with Crippen molar-refractivity contribution in [3.63, 3.8) is 0 Å². The summed E-state index contributed by atoms with van der Waals surface area (Å²) < 4.78 is 5.56. The SMILES string of the molecule is CC(C)OCCCC/C(N)=C/N(N)Cc1cccc(N2CC3CC2CN3C(C)C)n1. The molecule has 4 N–H and O–H groups in total. The molecule has 0 aromatic carbocycles. The van der Waals surface area contributed by atoms with Gasteiger partial charge in [0.25, 0.3) is 0 Å². The van der Waals surface area contributed by atoms with E-state index in [1.54, 1.807) is 5.01 Å². The Balaban J connectivity index is 1.48. The van der Waals surface area contributed by atoms with Crippen molar-refractivity contribution >= 4 is 5.82 Å². The number of ether oxygens (including phenoxy) is 1. The van der Waals surface area contributed by atoms with Crippen LogP contribution in [-0.4, -0.2) is 58.8 Å². The van der Waals surface area contributed by atoms with E-state index in [-0.39, 0.29) is 6.10 Å². The number of allylic oxidation sites excluding steroid dienone is 1. The van der Waals surface area contributed by atoms with Gasteiger partial charge in [-0.25, -0.2) is 10.8 Å². The number of hydrazine groups is 1. The molecule has 2 aliphatic heterocycles. The normalized spacial score (nSPS) is 22.0. The number of unbranched alkanes of at least 4 members (excludes halogenated alkanes) is 1. The molecule has 2 unspecified atom stereocenters. The first kappa shape index (κ1) is 22.8. The zero-order valence-corrected chi connectivity index (χ0v) is 19.1. The average Bonchev–Trinajstić information content (AvgIpc) is 3.28. The molecular weight excluding hydrogens is 376 g/mol. The third-order valence-electron chi connectivity index (χ3n) is 6.02. The van der Waals surface area contributed by atoms with Crippen LogP contribution >= 0.6 is 0 Å². The summed E-state index contributed by atoms with van der Waals surface area (Å²) in [6.07, 6.45) is 6.19. The second-order valence-corrected chi connectivity index (χ2v) is 9.23. The number of pyridine rings is 1. The molecule has 0 amide bonds. The number of fused-ring (bicyclic) bond motifs is 2. The van der Waals surface area contributed by atoms with Gasteiger partial charge in [-0.3, -0.25) is 4.90 Å². The third kappa shape index (κ3) is 6.09. The van der Waals surface area contributed by atoms with Crippen LogP contribution in [0.2, 0.25) is 0 Å². The van der Waals surface area contributed by atoms with Crippen LogP contribution in [0.25, 0.3) is 0 Å². The zero-order valence-electron chi connectivity index (χ0n) is 19.1. The smallest absolute Gasteiger partial charge is 0.129 e. The van der Waals surface area contributed by atoms with Crippen molar-refractivity contribution in [2.24, 2.45) is 11.6 Å². The highest BCUT2D eigenvalue weighted by molar-refractivity contribution is 5.44. The maximum Gasteiger partial charge on any atom is 0.129 e. The first-order chi connectivity index (χ1) is 14.3. The lowest BCUT2D eigenvalue weighted by atomic mass is 10.2.